The van der Waals surface area contributed by atoms with Crippen molar-refractivity contribution in [3.05, 3.63) is 82.4 Å². The highest BCUT2D eigenvalue weighted by Gasteiger charge is 2.17. The third-order valence-corrected chi connectivity index (χ3v) is 4.50. The van der Waals surface area contributed by atoms with E-state index in [-0.39, 0.29) is 12.5 Å². The lowest BCUT2D eigenvalue weighted by Gasteiger charge is -2.18. The number of nitrogens with one attached hydrogen (secondary N) is 1. The summed E-state index contributed by atoms with van der Waals surface area (Å²) in [6, 6.07) is 13.4. The molecule has 6 nitrogen and oxygen atoms in total. The molecule has 1 aliphatic rings. The Bertz CT molecular complexity index is 982. The van der Waals surface area contributed by atoms with Crippen LogP contribution in [-0.2, 0) is 17.9 Å². The maximum Gasteiger partial charge on any atom is 0.250 e. The highest BCUT2D eigenvalue weighted by molar-refractivity contribution is 6.30. The maximum absolute atomic E-state index is 12.4. The molecule has 0 saturated heterocycles. The molecule has 2 aromatic carbocycles. The van der Waals surface area contributed by atoms with E-state index in [2.05, 4.69) is 15.4 Å². The fourth-order valence-corrected chi connectivity index (χ4v) is 3.02. The number of benzene rings is 2. The zero-order valence-electron chi connectivity index (χ0n) is 14.4. The van der Waals surface area contributed by atoms with Gasteiger partial charge < -0.3 is 10.1 Å². The van der Waals surface area contributed by atoms with Gasteiger partial charge in [-0.3, -0.25) is 4.79 Å². The Morgan fingerprint density at radius 3 is 2.78 bits per heavy atom. The van der Waals surface area contributed by atoms with Crippen molar-refractivity contribution in [2.24, 2.45) is 0 Å². The standard InChI is InChI=1S/C20H17ClN4O2/c21-18-5-6-19-16(8-18)7-17(11-27-19)20(26)23-9-14-1-3-15(4-2-14)10-25-13-22-12-24-25/h1-8,12-13H,9-11H2,(H,23,26). The molecule has 0 unspecified atom stereocenters. The third kappa shape index (κ3) is 4.17. The first-order chi connectivity index (χ1) is 13.2. The van der Waals surface area contributed by atoms with Crippen LogP contribution in [0.3, 0.4) is 0 Å². The van der Waals surface area contributed by atoms with Crippen LogP contribution in [0.15, 0.2) is 60.7 Å². The van der Waals surface area contributed by atoms with Gasteiger partial charge in [-0.1, -0.05) is 35.9 Å². The number of hydrogen-bond donors (Lipinski definition) is 1. The fraction of sp³-hybridized carbons (Fsp3) is 0.150. The van der Waals surface area contributed by atoms with Crippen molar-refractivity contribution in [3.63, 3.8) is 0 Å². The van der Waals surface area contributed by atoms with Crippen LogP contribution in [0.1, 0.15) is 16.7 Å². The van der Waals surface area contributed by atoms with Crippen LogP contribution in [0.25, 0.3) is 6.08 Å². The van der Waals surface area contributed by atoms with Gasteiger partial charge in [-0.15, -0.1) is 0 Å². The first-order valence-corrected chi connectivity index (χ1v) is 8.86. The first kappa shape index (κ1) is 17.3. The number of fused-ring (bicyclic) bond motifs is 1. The van der Waals surface area contributed by atoms with Gasteiger partial charge in [0, 0.05) is 17.1 Å². The van der Waals surface area contributed by atoms with E-state index in [1.165, 1.54) is 6.33 Å². The number of ether oxygens (including phenoxy) is 1. The summed E-state index contributed by atoms with van der Waals surface area (Å²) in [7, 11) is 0. The molecule has 27 heavy (non-hydrogen) atoms. The van der Waals surface area contributed by atoms with Gasteiger partial charge in [0.1, 0.15) is 25.0 Å². The normalized spacial score (nSPS) is 12.7. The lowest BCUT2D eigenvalue weighted by Crippen LogP contribution is -2.28. The van der Waals surface area contributed by atoms with Crippen LogP contribution >= 0.6 is 11.6 Å². The molecular weight excluding hydrogens is 364 g/mol. The molecule has 0 saturated carbocycles. The Hall–Kier alpha value is -3.12. The van der Waals surface area contributed by atoms with Gasteiger partial charge in [0.2, 0.25) is 0 Å². The van der Waals surface area contributed by atoms with Crippen molar-refractivity contribution < 1.29 is 9.53 Å². The smallest absolute Gasteiger partial charge is 0.250 e. The molecule has 0 fully saturated rings. The van der Waals surface area contributed by atoms with Crippen molar-refractivity contribution in [2.45, 2.75) is 13.1 Å². The monoisotopic (exact) mass is 380 g/mol. The minimum Gasteiger partial charge on any atom is -0.488 e. The number of rotatable bonds is 5. The molecule has 1 amide bonds. The van der Waals surface area contributed by atoms with E-state index in [0.29, 0.717) is 23.7 Å². The minimum absolute atomic E-state index is 0.146. The summed E-state index contributed by atoms with van der Waals surface area (Å²) < 4.78 is 7.39. The molecule has 4 rings (SSSR count). The van der Waals surface area contributed by atoms with Crippen molar-refractivity contribution in [2.75, 3.05) is 6.61 Å². The number of carbonyl (C=O) groups is 1. The summed E-state index contributed by atoms with van der Waals surface area (Å²) in [6.45, 7) is 1.36. The number of carbonyl (C=O) groups excluding carboxylic acids is 1. The summed E-state index contributed by atoms with van der Waals surface area (Å²) in [5, 5.41) is 7.63. The number of hydrogen-bond acceptors (Lipinski definition) is 4. The molecule has 0 bridgehead atoms. The highest BCUT2D eigenvalue weighted by Crippen LogP contribution is 2.28. The van der Waals surface area contributed by atoms with Crippen LogP contribution in [0.4, 0.5) is 0 Å². The van der Waals surface area contributed by atoms with Crippen molar-refractivity contribution in [3.8, 4) is 5.75 Å². The topological polar surface area (TPSA) is 69.0 Å². The average molecular weight is 381 g/mol. The lowest BCUT2D eigenvalue weighted by molar-refractivity contribution is -0.117. The van der Waals surface area contributed by atoms with Crippen LogP contribution in [0.5, 0.6) is 5.75 Å². The Morgan fingerprint density at radius 2 is 2.00 bits per heavy atom. The predicted molar refractivity (Wildman–Crippen MR) is 102 cm³/mol. The van der Waals surface area contributed by atoms with Gasteiger partial charge >= 0.3 is 0 Å². The SMILES string of the molecule is O=C(NCc1ccc(Cn2cncn2)cc1)C1=Cc2cc(Cl)ccc2OC1. The van der Waals surface area contributed by atoms with E-state index in [4.69, 9.17) is 16.3 Å². The van der Waals surface area contributed by atoms with Gasteiger partial charge in [0.15, 0.2) is 0 Å². The molecule has 3 aromatic rings. The molecule has 0 aliphatic carbocycles. The predicted octanol–water partition coefficient (Wildman–Crippen LogP) is 3.07. The lowest BCUT2D eigenvalue weighted by atomic mass is 10.1. The molecule has 136 valence electrons. The van der Waals surface area contributed by atoms with Crippen molar-refractivity contribution in [1.82, 2.24) is 20.1 Å². The van der Waals surface area contributed by atoms with Crippen LogP contribution in [0, 0.1) is 0 Å². The van der Waals surface area contributed by atoms with Gasteiger partial charge in [-0.05, 0) is 35.4 Å². The Morgan fingerprint density at radius 1 is 1.19 bits per heavy atom. The number of amides is 1. The minimum atomic E-state index is -0.146. The molecule has 7 heteroatoms. The van der Waals surface area contributed by atoms with E-state index in [1.54, 1.807) is 23.1 Å². The second-order valence-electron chi connectivity index (χ2n) is 6.23. The summed E-state index contributed by atoms with van der Waals surface area (Å²) in [6.07, 6.45) is 5.01. The van der Waals surface area contributed by atoms with E-state index in [9.17, 15) is 4.79 Å². The van der Waals surface area contributed by atoms with E-state index in [0.717, 1.165) is 22.4 Å². The summed E-state index contributed by atoms with van der Waals surface area (Å²) >= 11 is 6.01. The number of halogens is 1. The average Bonchev–Trinajstić information content (AvgIpc) is 3.19. The largest absolute Gasteiger partial charge is 0.488 e. The number of aromatic nitrogens is 3. The van der Waals surface area contributed by atoms with Gasteiger partial charge in [0.25, 0.3) is 5.91 Å². The molecule has 0 atom stereocenters. The fourth-order valence-electron chi connectivity index (χ4n) is 2.84. The van der Waals surface area contributed by atoms with E-state index < -0.39 is 0 Å². The summed E-state index contributed by atoms with van der Waals surface area (Å²) in [5.74, 6) is 0.589. The van der Waals surface area contributed by atoms with Crippen LogP contribution < -0.4 is 10.1 Å². The maximum atomic E-state index is 12.4. The third-order valence-electron chi connectivity index (χ3n) is 4.26. The van der Waals surface area contributed by atoms with Gasteiger partial charge in [-0.25, -0.2) is 9.67 Å². The molecular formula is C20H17ClN4O2. The molecule has 2 heterocycles. The summed E-state index contributed by atoms with van der Waals surface area (Å²) in [4.78, 5) is 16.4. The summed E-state index contributed by atoms with van der Waals surface area (Å²) in [5.41, 5.74) is 3.53. The molecule has 1 N–H and O–H groups in total. The second kappa shape index (κ2) is 7.63. The second-order valence-corrected chi connectivity index (χ2v) is 6.67. The van der Waals surface area contributed by atoms with Crippen molar-refractivity contribution >= 4 is 23.6 Å². The molecule has 1 aliphatic heterocycles. The highest BCUT2D eigenvalue weighted by atomic mass is 35.5. The molecule has 0 radical (unpaired) electrons. The number of nitrogens with zero attached hydrogens (tertiary/aromatic N) is 3. The Labute approximate surface area is 161 Å². The zero-order chi connectivity index (χ0) is 18.6. The molecule has 0 spiro atoms. The van der Waals surface area contributed by atoms with E-state index in [1.807, 2.05) is 36.4 Å². The Balaban J connectivity index is 1.36. The Kier molecular flexibility index (Phi) is 4.89. The first-order valence-electron chi connectivity index (χ1n) is 8.49. The van der Waals surface area contributed by atoms with Gasteiger partial charge in [-0.2, -0.15) is 5.10 Å². The molecule has 1 aromatic heterocycles. The van der Waals surface area contributed by atoms with Crippen LogP contribution in [0.2, 0.25) is 5.02 Å². The van der Waals surface area contributed by atoms with Crippen LogP contribution in [-0.4, -0.2) is 27.3 Å². The van der Waals surface area contributed by atoms with E-state index >= 15 is 0 Å². The van der Waals surface area contributed by atoms with Gasteiger partial charge in [0.05, 0.1) is 12.1 Å². The van der Waals surface area contributed by atoms with Crippen molar-refractivity contribution in [1.29, 1.82) is 0 Å². The quantitative estimate of drug-likeness (QED) is 0.738. The zero-order valence-corrected chi connectivity index (χ0v) is 15.2.